The highest BCUT2D eigenvalue weighted by atomic mass is 32.2. The molecular weight excluding hydrogens is 302 g/mol. The van der Waals surface area contributed by atoms with E-state index in [0.29, 0.717) is 13.0 Å². The molecular formula is C15H21N3O3S. The molecule has 2 aromatic rings. The van der Waals surface area contributed by atoms with E-state index in [1.165, 1.54) is 6.92 Å². The molecule has 1 N–H and O–H groups in total. The van der Waals surface area contributed by atoms with Gasteiger partial charge in [0.25, 0.3) is 0 Å². The number of hydrogen-bond acceptors (Lipinski definition) is 4. The molecule has 7 heteroatoms. The first kappa shape index (κ1) is 16.5. The molecule has 0 aliphatic carbocycles. The fourth-order valence-corrected chi connectivity index (χ4v) is 2.74. The van der Waals surface area contributed by atoms with Gasteiger partial charge in [-0.25, -0.2) is 13.4 Å². The maximum absolute atomic E-state index is 11.7. The molecule has 1 heterocycles. The molecule has 2 rings (SSSR count). The Labute approximate surface area is 130 Å². The maximum Gasteiger partial charge on any atom is 0.238 e. The molecule has 0 aliphatic heterocycles. The highest BCUT2D eigenvalue weighted by molar-refractivity contribution is 7.92. The molecule has 0 bridgehead atoms. The van der Waals surface area contributed by atoms with E-state index in [-0.39, 0.29) is 0 Å². The summed E-state index contributed by atoms with van der Waals surface area (Å²) in [5.41, 5.74) is 2.02. The van der Waals surface area contributed by atoms with Gasteiger partial charge in [0.2, 0.25) is 5.91 Å². The van der Waals surface area contributed by atoms with Crippen molar-refractivity contribution in [2.75, 3.05) is 12.8 Å². The number of sulfone groups is 1. The van der Waals surface area contributed by atoms with Crippen molar-refractivity contribution in [2.24, 2.45) is 0 Å². The highest BCUT2D eigenvalue weighted by Gasteiger charge is 2.22. The lowest BCUT2D eigenvalue weighted by atomic mass is 10.3. The van der Waals surface area contributed by atoms with Gasteiger partial charge in [0.1, 0.15) is 11.1 Å². The van der Waals surface area contributed by atoms with Crippen LogP contribution >= 0.6 is 0 Å². The second kappa shape index (κ2) is 6.48. The molecule has 0 unspecified atom stereocenters. The average Bonchev–Trinajstić information content (AvgIpc) is 2.77. The molecule has 0 radical (unpaired) electrons. The van der Waals surface area contributed by atoms with E-state index in [2.05, 4.69) is 14.9 Å². The van der Waals surface area contributed by atoms with Gasteiger partial charge in [0, 0.05) is 19.3 Å². The van der Waals surface area contributed by atoms with Crippen molar-refractivity contribution in [1.29, 1.82) is 0 Å². The van der Waals surface area contributed by atoms with Crippen LogP contribution in [-0.4, -0.2) is 41.9 Å². The minimum atomic E-state index is -3.35. The van der Waals surface area contributed by atoms with Crippen LogP contribution in [0.25, 0.3) is 11.0 Å². The molecule has 1 atom stereocenters. The summed E-state index contributed by atoms with van der Waals surface area (Å²) in [4.78, 5) is 16.2. The number of nitrogens with one attached hydrogen (secondary N) is 1. The van der Waals surface area contributed by atoms with Crippen LogP contribution in [0.3, 0.4) is 0 Å². The van der Waals surface area contributed by atoms with E-state index in [9.17, 15) is 13.2 Å². The van der Waals surface area contributed by atoms with Crippen molar-refractivity contribution in [1.82, 2.24) is 14.9 Å². The number of carbonyl (C=O) groups is 1. The van der Waals surface area contributed by atoms with E-state index in [0.717, 1.165) is 29.7 Å². The van der Waals surface area contributed by atoms with Crippen molar-refractivity contribution >= 4 is 26.8 Å². The molecule has 0 saturated carbocycles. The third kappa shape index (κ3) is 3.65. The summed E-state index contributed by atoms with van der Waals surface area (Å²) >= 11 is 0. The predicted molar refractivity (Wildman–Crippen MR) is 86.4 cm³/mol. The molecule has 0 fully saturated rings. The van der Waals surface area contributed by atoms with Crippen LogP contribution in [0.15, 0.2) is 24.3 Å². The molecule has 0 saturated heterocycles. The number of fused-ring (bicyclic) bond motifs is 1. The summed E-state index contributed by atoms with van der Waals surface area (Å²) in [6.45, 7) is 4.51. The van der Waals surface area contributed by atoms with E-state index in [4.69, 9.17) is 0 Å². The van der Waals surface area contributed by atoms with Gasteiger partial charge in [0.05, 0.1) is 11.0 Å². The number of para-hydroxylation sites is 2. The minimum Gasteiger partial charge on any atom is -0.355 e. The normalized spacial score (nSPS) is 13.2. The smallest absolute Gasteiger partial charge is 0.238 e. The number of amides is 1. The lowest BCUT2D eigenvalue weighted by Gasteiger charge is -2.11. The fourth-order valence-electron chi connectivity index (χ4n) is 2.27. The number of hydrogen-bond donors (Lipinski definition) is 1. The van der Waals surface area contributed by atoms with Gasteiger partial charge in [-0.15, -0.1) is 0 Å². The summed E-state index contributed by atoms with van der Waals surface area (Å²) < 4.78 is 24.7. The zero-order valence-corrected chi connectivity index (χ0v) is 13.9. The van der Waals surface area contributed by atoms with Crippen molar-refractivity contribution in [3.8, 4) is 0 Å². The summed E-state index contributed by atoms with van der Waals surface area (Å²) in [5.74, 6) is 0.478. The maximum atomic E-state index is 11.7. The van der Waals surface area contributed by atoms with Gasteiger partial charge >= 0.3 is 0 Å². The van der Waals surface area contributed by atoms with E-state index in [1.54, 1.807) is 0 Å². The molecule has 120 valence electrons. The first-order valence-electron chi connectivity index (χ1n) is 7.19. The quantitative estimate of drug-likeness (QED) is 0.812. The van der Waals surface area contributed by atoms with Gasteiger partial charge in [0.15, 0.2) is 9.84 Å². The van der Waals surface area contributed by atoms with Crippen LogP contribution in [0.4, 0.5) is 0 Å². The molecule has 6 nitrogen and oxygen atoms in total. The Balaban J connectivity index is 1.91. The van der Waals surface area contributed by atoms with E-state index in [1.807, 2.05) is 31.2 Å². The number of carbonyl (C=O) groups excluding carboxylic acids is 1. The largest absolute Gasteiger partial charge is 0.355 e. The zero-order chi connectivity index (χ0) is 16.3. The Morgan fingerprint density at radius 2 is 2.05 bits per heavy atom. The summed E-state index contributed by atoms with van der Waals surface area (Å²) in [7, 11) is -3.35. The Kier molecular flexibility index (Phi) is 4.85. The second-order valence-corrected chi connectivity index (χ2v) is 7.78. The first-order chi connectivity index (χ1) is 10.3. The number of benzene rings is 1. The van der Waals surface area contributed by atoms with Gasteiger partial charge in [-0.05, 0) is 32.4 Å². The zero-order valence-electron chi connectivity index (χ0n) is 13.0. The van der Waals surface area contributed by atoms with Gasteiger partial charge in [-0.2, -0.15) is 0 Å². The topological polar surface area (TPSA) is 81.1 Å². The molecule has 22 heavy (non-hydrogen) atoms. The average molecular weight is 323 g/mol. The third-order valence-electron chi connectivity index (χ3n) is 3.71. The standard InChI is InChI=1S/C15H21N3O3S/c1-11(22(3,20)21)15(19)16-9-6-10-18-12(2)17-13-7-4-5-8-14(13)18/h4-5,7-8,11H,6,9-10H2,1-3H3,(H,16,19)/t11-/m0/s1. The van der Waals surface area contributed by atoms with Crippen molar-refractivity contribution in [3.63, 3.8) is 0 Å². The summed E-state index contributed by atoms with van der Waals surface area (Å²) in [6, 6.07) is 7.90. The lowest BCUT2D eigenvalue weighted by molar-refractivity contribution is -0.120. The van der Waals surface area contributed by atoms with Crippen LogP contribution in [0, 0.1) is 6.92 Å². The Morgan fingerprint density at radius 3 is 2.73 bits per heavy atom. The van der Waals surface area contributed by atoms with Crippen LogP contribution in [0.2, 0.25) is 0 Å². The van der Waals surface area contributed by atoms with Crippen LogP contribution < -0.4 is 5.32 Å². The molecule has 1 amide bonds. The Bertz CT molecular complexity index is 780. The van der Waals surface area contributed by atoms with E-state index < -0.39 is 21.0 Å². The summed E-state index contributed by atoms with van der Waals surface area (Å²) in [6.07, 6.45) is 1.78. The third-order valence-corrected chi connectivity index (χ3v) is 5.21. The Morgan fingerprint density at radius 1 is 1.36 bits per heavy atom. The molecule has 0 aliphatic rings. The fraction of sp³-hybridized carbons (Fsp3) is 0.467. The van der Waals surface area contributed by atoms with Gasteiger partial charge in [-0.1, -0.05) is 12.1 Å². The lowest BCUT2D eigenvalue weighted by Crippen LogP contribution is -2.38. The molecule has 1 aromatic heterocycles. The van der Waals surface area contributed by atoms with Crippen molar-refractivity contribution in [2.45, 2.75) is 32.1 Å². The van der Waals surface area contributed by atoms with Crippen molar-refractivity contribution in [3.05, 3.63) is 30.1 Å². The predicted octanol–water partition coefficient (Wildman–Crippen LogP) is 1.28. The van der Waals surface area contributed by atoms with E-state index >= 15 is 0 Å². The highest BCUT2D eigenvalue weighted by Crippen LogP contribution is 2.15. The number of aromatic nitrogens is 2. The number of aryl methyl sites for hydroxylation is 2. The van der Waals surface area contributed by atoms with Crippen molar-refractivity contribution < 1.29 is 13.2 Å². The number of rotatable bonds is 6. The summed E-state index contributed by atoms with van der Waals surface area (Å²) in [5, 5.41) is 1.66. The van der Waals surface area contributed by atoms with Crippen LogP contribution in [0.5, 0.6) is 0 Å². The molecule has 0 spiro atoms. The van der Waals surface area contributed by atoms with Gasteiger partial charge in [-0.3, -0.25) is 4.79 Å². The SMILES string of the molecule is Cc1nc2ccccc2n1CCCNC(=O)[C@H](C)S(C)(=O)=O. The Hall–Kier alpha value is -1.89. The van der Waals surface area contributed by atoms with Crippen LogP contribution in [-0.2, 0) is 21.2 Å². The van der Waals surface area contributed by atoms with Gasteiger partial charge < -0.3 is 9.88 Å². The van der Waals surface area contributed by atoms with Crippen LogP contribution in [0.1, 0.15) is 19.2 Å². The first-order valence-corrected chi connectivity index (χ1v) is 9.14. The molecule has 1 aromatic carbocycles. The monoisotopic (exact) mass is 323 g/mol. The second-order valence-electron chi connectivity index (χ2n) is 5.42. The number of imidazole rings is 1. The number of nitrogens with zero attached hydrogens (tertiary/aromatic N) is 2. The minimum absolute atomic E-state index is 0.435.